The number of rotatable bonds is 4. The number of Topliss-reactive ketones (excluding diaryl/α,β-unsaturated/α-hetero) is 1. The highest BCUT2D eigenvalue weighted by Crippen LogP contribution is 2.24. The van der Waals surface area contributed by atoms with Gasteiger partial charge in [0, 0.05) is 30.8 Å². The van der Waals surface area contributed by atoms with Crippen molar-refractivity contribution >= 4 is 11.5 Å². The summed E-state index contributed by atoms with van der Waals surface area (Å²) >= 11 is 0. The summed E-state index contributed by atoms with van der Waals surface area (Å²) in [5.74, 6) is 0.519. The molecule has 1 saturated heterocycles. The SMILES string of the molecule is CCN(C)c1ccc(C(=O)C2CCNCC2)cc1C. The van der Waals surface area contributed by atoms with Gasteiger partial charge in [-0.25, -0.2) is 0 Å². The van der Waals surface area contributed by atoms with E-state index in [1.54, 1.807) is 0 Å². The molecule has 104 valence electrons. The van der Waals surface area contributed by atoms with E-state index in [4.69, 9.17) is 0 Å². The number of hydrogen-bond acceptors (Lipinski definition) is 3. The van der Waals surface area contributed by atoms with Crippen molar-refractivity contribution in [2.24, 2.45) is 5.92 Å². The number of nitrogens with zero attached hydrogens (tertiary/aromatic N) is 1. The molecule has 0 aliphatic carbocycles. The minimum atomic E-state index is 0.204. The predicted molar refractivity (Wildman–Crippen MR) is 80.0 cm³/mol. The van der Waals surface area contributed by atoms with Crippen molar-refractivity contribution < 1.29 is 4.79 Å². The van der Waals surface area contributed by atoms with Crippen LogP contribution in [0.15, 0.2) is 18.2 Å². The van der Waals surface area contributed by atoms with Gasteiger partial charge in [-0.2, -0.15) is 0 Å². The summed E-state index contributed by atoms with van der Waals surface area (Å²) in [6.07, 6.45) is 1.93. The highest BCUT2D eigenvalue weighted by molar-refractivity contribution is 5.98. The maximum Gasteiger partial charge on any atom is 0.166 e. The fourth-order valence-electron chi connectivity index (χ4n) is 2.73. The van der Waals surface area contributed by atoms with Crippen LogP contribution in [0.25, 0.3) is 0 Å². The topological polar surface area (TPSA) is 32.3 Å². The molecule has 1 aliphatic heterocycles. The van der Waals surface area contributed by atoms with Gasteiger partial charge in [-0.05, 0) is 63.5 Å². The Bertz CT molecular complexity index is 450. The number of ketones is 1. The summed E-state index contributed by atoms with van der Waals surface area (Å²) in [7, 11) is 2.08. The van der Waals surface area contributed by atoms with Crippen molar-refractivity contribution in [3.8, 4) is 0 Å². The zero-order valence-corrected chi connectivity index (χ0v) is 12.2. The number of nitrogens with one attached hydrogen (secondary N) is 1. The van der Waals surface area contributed by atoms with Gasteiger partial charge >= 0.3 is 0 Å². The highest BCUT2D eigenvalue weighted by Gasteiger charge is 2.22. The molecule has 3 nitrogen and oxygen atoms in total. The van der Waals surface area contributed by atoms with Crippen molar-refractivity contribution in [3.63, 3.8) is 0 Å². The van der Waals surface area contributed by atoms with E-state index in [2.05, 4.69) is 37.2 Å². The summed E-state index contributed by atoms with van der Waals surface area (Å²) in [5, 5.41) is 3.31. The fourth-order valence-corrected chi connectivity index (χ4v) is 2.73. The third-order valence-corrected chi connectivity index (χ3v) is 4.08. The van der Waals surface area contributed by atoms with Crippen molar-refractivity contribution in [3.05, 3.63) is 29.3 Å². The molecule has 19 heavy (non-hydrogen) atoms. The Morgan fingerprint density at radius 1 is 1.37 bits per heavy atom. The lowest BCUT2D eigenvalue weighted by molar-refractivity contribution is 0.0895. The number of benzene rings is 1. The van der Waals surface area contributed by atoms with Crippen molar-refractivity contribution in [2.75, 3.05) is 31.6 Å². The van der Waals surface area contributed by atoms with E-state index in [0.29, 0.717) is 5.78 Å². The van der Waals surface area contributed by atoms with Gasteiger partial charge in [0.25, 0.3) is 0 Å². The van der Waals surface area contributed by atoms with Crippen LogP contribution >= 0.6 is 0 Å². The number of anilines is 1. The summed E-state index contributed by atoms with van der Waals surface area (Å²) in [4.78, 5) is 14.7. The fraction of sp³-hybridized carbons (Fsp3) is 0.562. The Balaban J connectivity index is 2.16. The molecule has 0 atom stereocenters. The first-order chi connectivity index (χ1) is 9.13. The Labute approximate surface area is 116 Å². The maximum absolute atomic E-state index is 12.5. The van der Waals surface area contributed by atoms with Crippen LogP contribution in [0.4, 0.5) is 5.69 Å². The van der Waals surface area contributed by atoms with Gasteiger partial charge < -0.3 is 10.2 Å². The molecule has 0 aromatic heterocycles. The first-order valence-corrected chi connectivity index (χ1v) is 7.20. The molecule has 0 amide bonds. The number of carbonyl (C=O) groups excluding carboxylic acids is 1. The molecule has 1 aliphatic rings. The molecule has 0 unspecified atom stereocenters. The summed E-state index contributed by atoms with van der Waals surface area (Å²) < 4.78 is 0. The van der Waals surface area contributed by atoms with Crippen molar-refractivity contribution in [1.29, 1.82) is 0 Å². The lowest BCUT2D eigenvalue weighted by Gasteiger charge is -2.23. The maximum atomic E-state index is 12.5. The Morgan fingerprint density at radius 3 is 2.63 bits per heavy atom. The molecule has 1 N–H and O–H groups in total. The second kappa shape index (κ2) is 6.20. The summed E-state index contributed by atoms with van der Waals surface area (Å²) in [6, 6.07) is 6.11. The van der Waals surface area contributed by atoms with Gasteiger partial charge in [-0.15, -0.1) is 0 Å². The molecule has 0 saturated carbocycles. The van der Waals surface area contributed by atoms with Crippen LogP contribution < -0.4 is 10.2 Å². The monoisotopic (exact) mass is 260 g/mol. The molecule has 1 fully saturated rings. The molecule has 1 heterocycles. The zero-order chi connectivity index (χ0) is 13.8. The molecule has 0 radical (unpaired) electrons. The highest BCUT2D eigenvalue weighted by atomic mass is 16.1. The quantitative estimate of drug-likeness (QED) is 0.845. The first kappa shape index (κ1) is 14.1. The van der Waals surface area contributed by atoms with E-state index in [1.165, 1.54) is 11.3 Å². The van der Waals surface area contributed by atoms with Gasteiger partial charge in [0.2, 0.25) is 0 Å². The second-order valence-electron chi connectivity index (χ2n) is 5.40. The van der Waals surface area contributed by atoms with E-state index in [9.17, 15) is 4.79 Å². The molecular weight excluding hydrogens is 236 g/mol. The number of hydrogen-bond donors (Lipinski definition) is 1. The standard InChI is InChI=1S/C16H24N2O/c1-4-18(3)15-6-5-14(11-12(15)2)16(19)13-7-9-17-10-8-13/h5-6,11,13,17H,4,7-10H2,1-3H3. The van der Waals surface area contributed by atoms with Gasteiger partial charge in [0.1, 0.15) is 0 Å². The summed E-state index contributed by atoms with van der Waals surface area (Å²) in [5.41, 5.74) is 3.27. The van der Waals surface area contributed by atoms with Crippen LogP contribution in [0.1, 0.15) is 35.7 Å². The molecule has 1 aromatic carbocycles. The van der Waals surface area contributed by atoms with E-state index >= 15 is 0 Å². The van der Waals surface area contributed by atoms with Crippen LogP contribution in [-0.2, 0) is 0 Å². The van der Waals surface area contributed by atoms with Gasteiger partial charge in [0.05, 0.1) is 0 Å². The van der Waals surface area contributed by atoms with Crippen LogP contribution in [-0.4, -0.2) is 32.5 Å². The smallest absolute Gasteiger partial charge is 0.166 e. The van der Waals surface area contributed by atoms with Crippen LogP contribution in [0.5, 0.6) is 0 Å². The Morgan fingerprint density at radius 2 is 2.05 bits per heavy atom. The molecular formula is C16H24N2O. The molecule has 3 heteroatoms. The van der Waals surface area contributed by atoms with Crippen LogP contribution in [0, 0.1) is 12.8 Å². The third-order valence-electron chi connectivity index (χ3n) is 4.08. The zero-order valence-electron chi connectivity index (χ0n) is 12.2. The first-order valence-electron chi connectivity index (χ1n) is 7.20. The molecule has 2 rings (SSSR count). The normalized spacial score (nSPS) is 16.4. The average molecular weight is 260 g/mol. The van der Waals surface area contributed by atoms with E-state index in [1.807, 2.05) is 12.1 Å². The molecule has 0 bridgehead atoms. The van der Waals surface area contributed by atoms with Crippen LogP contribution in [0.3, 0.4) is 0 Å². The minimum absolute atomic E-state index is 0.204. The van der Waals surface area contributed by atoms with Crippen LogP contribution in [0.2, 0.25) is 0 Å². The van der Waals surface area contributed by atoms with E-state index < -0.39 is 0 Å². The Kier molecular flexibility index (Phi) is 4.59. The van der Waals surface area contributed by atoms with Crippen molar-refractivity contribution in [1.82, 2.24) is 5.32 Å². The number of aryl methyl sites for hydroxylation is 1. The molecule has 1 aromatic rings. The van der Waals surface area contributed by atoms with E-state index in [0.717, 1.165) is 38.0 Å². The number of piperidine rings is 1. The van der Waals surface area contributed by atoms with E-state index in [-0.39, 0.29) is 5.92 Å². The average Bonchev–Trinajstić information content (AvgIpc) is 2.46. The lowest BCUT2D eigenvalue weighted by atomic mass is 9.89. The Hall–Kier alpha value is -1.35. The lowest BCUT2D eigenvalue weighted by Crippen LogP contribution is -2.32. The van der Waals surface area contributed by atoms with Gasteiger partial charge in [-0.3, -0.25) is 4.79 Å². The summed E-state index contributed by atoms with van der Waals surface area (Å²) in [6.45, 7) is 7.12. The second-order valence-corrected chi connectivity index (χ2v) is 5.40. The minimum Gasteiger partial charge on any atom is -0.375 e. The van der Waals surface area contributed by atoms with Gasteiger partial charge in [-0.1, -0.05) is 0 Å². The number of carbonyl (C=O) groups is 1. The third kappa shape index (κ3) is 3.16. The largest absolute Gasteiger partial charge is 0.375 e. The van der Waals surface area contributed by atoms with Crippen molar-refractivity contribution in [2.45, 2.75) is 26.7 Å². The predicted octanol–water partition coefficient (Wildman–Crippen LogP) is 2.63. The molecule has 0 spiro atoms. The van der Waals surface area contributed by atoms with Gasteiger partial charge in [0.15, 0.2) is 5.78 Å².